The summed E-state index contributed by atoms with van der Waals surface area (Å²) in [5, 5.41) is 7.17. The highest BCUT2D eigenvalue weighted by atomic mass is 32.1. The van der Waals surface area contributed by atoms with Crippen molar-refractivity contribution in [1.82, 2.24) is 14.9 Å². The molecular formula is C31H33N5O2S. The van der Waals surface area contributed by atoms with Gasteiger partial charge in [-0.15, -0.1) is 0 Å². The number of hydrogen-bond acceptors (Lipinski definition) is 4. The largest absolute Gasteiger partial charge is 0.497 e. The minimum absolute atomic E-state index is 0.0109. The summed E-state index contributed by atoms with van der Waals surface area (Å²) in [6.07, 6.45) is 2.24. The number of aryl methyl sites for hydroxylation is 2. The van der Waals surface area contributed by atoms with Crippen LogP contribution in [0.25, 0.3) is 5.69 Å². The second kappa shape index (κ2) is 10.9. The van der Waals surface area contributed by atoms with Gasteiger partial charge in [-0.3, -0.25) is 9.78 Å². The van der Waals surface area contributed by atoms with Crippen molar-refractivity contribution in [2.75, 3.05) is 17.3 Å². The van der Waals surface area contributed by atoms with Crippen LogP contribution in [-0.2, 0) is 4.79 Å². The first-order valence-electron chi connectivity index (χ1n) is 13.1. The Labute approximate surface area is 234 Å². The second-order valence-corrected chi connectivity index (χ2v) is 10.1. The molecule has 2 N–H and O–H groups in total. The third kappa shape index (κ3) is 5.00. The molecule has 0 aliphatic carbocycles. The van der Waals surface area contributed by atoms with Gasteiger partial charge in [0.2, 0.25) is 5.91 Å². The molecule has 2 aromatic carbocycles. The van der Waals surface area contributed by atoms with Crippen LogP contribution in [-0.4, -0.2) is 27.7 Å². The Morgan fingerprint density at radius 3 is 2.44 bits per heavy atom. The van der Waals surface area contributed by atoms with Crippen LogP contribution < -0.4 is 20.3 Å². The smallest absolute Gasteiger partial charge is 0.224 e. The molecule has 0 bridgehead atoms. The summed E-state index contributed by atoms with van der Waals surface area (Å²) < 4.78 is 7.63. The Morgan fingerprint density at radius 1 is 1.05 bits per heavy atom. The van der Waals surface area contributed by atoms with E-state index >= 15 is 0 Å². The number of amides is 1. The molecule has 3 heterocycles. The zero-order chi connectivity index (χ0) is 27.7. The molecule has 0 saturated carbocycles. The standard InChI is InChI=1S/C31H33N5O2S/c1-6-28(37)33-26-15-12-23(17-19(26)2)36-30(29(34-31(36)39)27-9-7-8-16-32-27)25-18-20(3)35(21(25)4)22-10-13-24(38-5)14-11-22/h7-18,29-30H,6H2,1-5H3,(H,33,37)(H,34,39)/t29-,30-/m1/s1. The Hall–Kier alpha value is -4.17. The first kappa shape index (κ1) is 26.4. The number of thiocarbonyl (C=S) groups is 1. The van der Waals surface area contributed by atoms with E-state index in [9.17, 15) is 4.79 Å². The van der Waals surface area contributed by atoms with Gasteiger partial charge in [0, 0.05) is 41.1 Å². The van der Waals surface area contributed by atoms with Crippen LogP contribution in [0.4, 0.5) is 11.4 Å². The number of nitrogens with zero attached hydrogens (tertiary/aromatic N) is 3. The average Bonchev–Trinajstić information content (AvgIpc) is 3.44. The first-order valence-corrected chi connectivity index (χ1v) is 13.5. The van der Waals surface area contributed by atoms with E-state index in [0.717, 1.165) is 51.0 Å². The number of anilines is 2. The molecule has 5 rings (SSSR count). The molecule has 0 spiro atoms. The third-order valence-electron chi connectivity index (χ3n) is 7.30. The Kier molecular flexibility index (Phi) is 7.39. The molecule has 39 heavy (non-hydrogen) atoms. The average molecular weight is 540 g/mol. The molecule has 1 aliphatic heterocycles. The zero-order valence-corrected chi connectivity index (χ0v) is 23.7. The highest BCUT2D eigenvalue weighted by molar-refractivity contribution is 7.80. The number of nitrogens with one attached hydrogen (secondary N) is 2. The highest BCUT2D eigenvalue weighted by Crippen LogP contribution is 2.44. The zero-order valence-electron chi connectivity index (χ0n) is 22.9. The van der Waals surface area contributed by atoms with E-state index in [-0.39, 0.29) is 18.0 Å². The van der Waals surface area contributed by atoms with Crippen molar-refractivity contribution < 1.29 is 9.53 Å². The monoisotopic (exact) mass is 539 g/mol. The van der Waals surface area contributed by atoms with Crippen molar-refractivity contribution in [2.45, 2.75) is 46.2 Å². The van der Waals surface area contributed by atoms with E-state index in [1.54, 1.807) is 7.11 Å². The number of aromatic nitrogens is 2. The van der Waals surface area contributed by atoms with Gasteiger partial charge in [-0.05, 0) is 105 Å². The van der Waals surface area contributed by atoms with Gasteiger partial charge in [-0.25, -0.2) is 0 Å². The summed E-state index contributed by atoms with van der Waals surface area (Å²) in [4.78, 5) is 18.9. The van der Waals surface area contributed by atoms with E-state index in [1.807, 2.05) is 62.5 Å². The molecule has 200 valence electrons. The van der Waals surface area contributed by atoms with E-state index in [1.165, 1.54) is 0 Å². The summed E-state index contributed by atoms with van der Waals surface area (Å²) in [7, 11) is 1.67. The molecule has 1 amide bonds. The summed E-state index contributed by atoms with van der Waals surface area (Å²) in [6, 6.07) is 22.1. The summed E-state index contributed by atoms with van der Waals surface area (Å²) in [6.45, 7) is 8.12. The van der Waals surface area contributed by atoms with Gasteiger partial charge in [0.15, 0.2) is 5.11 Å². The maximum Gasteiger partial charge on any atom is 0.224 e. The van der Waals surface area contributed by atoms with Gasteiger partial charge >= 0.3 is 0 Å². The predicted octanol–water partition coefficient (Wildman–Crippen LogP) is 6.33. The lowest BCUT2D eigenvalue weighted by molar-refractivity contribution is -0.115. The van der Waals surface area contributed by atoms with E-state index in [2.05, 4.69) is 58.2 Å². The van der Waals surface area contributed by atoms with Gasteiger partial charge in [0.25, 0.3) is 0 Å². The number of pyridine rings is 1. The Bertz CT molecular complexity index is 1510. The lowest BCUT2D eigenvalue weighted by Gasteiger charge is -2.29. The van der Waals surface area contributed by atoms with Gasteiger partial charge in [-0.1, -0.05) is 13.0 Å². The van der Waals surface area contributed by atoms with Crippen molar-refractivity contribution in [2.24, 2.45) is 0 Å². The quantitative estimate of drug-likeness (QED) is 0.267. The lowest BCUT2D eigenvalue weighted by atomic mass is 9.96. The van der Waals surface area contributed by atoms with E-state index in [4.69, 9.17) is 21.9 Å². The second-order valence-electron chi connectivity index (χ2n) is 9.76. The van der Waals surface area contributed by atoms with E-state index < -0.39 is 0 Å². The maximum atomic E-state index is 12.0. The molecule has 7 nitrogen and oxygen atoms in total. The van der Waals surface area contributed by atoms with Gasteiger partial charge in [0.05, 0.1) is 24.9 Å². The number of hydrogen-bond donors (Lipinski definition) is 2. The van der Waals surface area contributed by atoms with E-state index in [0.29, 0.717) is 11.5 Å². The molecule has 2 atom stereocenters. The van der Waals surface area contributed by atoms with Crippen molar-refractivity contribution >= 4 is 34.6 Å². The number of carbonyl (C=O) groups excluding carboxylic acids is 1. The van der Waals surface area contributed by atoms with Crippen LogP contribution in [0.3, 0.4) is 0 Å². The molecule has 2 aromatic heterocycles. The molecular weight excluding hydrogens is 506 g/mol. The Balaban J connectivity index is 1.62. The predicted molar refractivity (Wildman–Crippen MR) is 160 cm³/mol. The number of rotatable bonds is 7. The maximum absolute atomic E-state index is 12.0. The lowest BCUT2D eigenvalue weighted by Crippen LogP contribution is -2.29. The molecule has 1 saturated heterocycles. The van der Waals surface area contributed by atoms with Crippen LogP contribution in [0.2, 0.25) is 0 Å². The first-order chi connectivity index (χ1) is 18.8. The summed E-state index contributed by atoms with van der Waals surface area (Å²) in [5.41, 5.74) is 8.13. The number of methoxy groups -OCH3 is 1. The molecule has 0 unspecified atom stereocenters. The van der Waals surface area contributed by atoms with Crippen LogP contribution in [0.5, 0.6) is 5.75 Å². The topological polar surface area (TPSA) is 71.4 Å². The molecule has 1 aliphatic rings. The summed E-state index contributed by atoms with van der Waals surface area (Å²) >= 11 is 5.94. The van der Waals surface area contributed by atoms with Crippen LogP contribution in [0.15, 0.2) is 72.9 Å². The van der Waals surface area contributed by atoms with Gasteiger partial charge in [0.1, 0.15) is 5.75 Å². The fourth-order valence-electron chi connectivity index (χ4n) is 5.34. The van der Waals surface area contributed by atoms with Crippen molar-refractivity contribution in [3.8, 4) is 11.4 Å². The minimum Gasteiger partial charge on any atom is -0.497 e. The van der Waals surface area contributed by atoms with Crippen LogP contribution >= 0.6 is 12.2 Å². The number of ether oxygens (including phenoxy) is 1. The Morgan fingerprint density at radius 2 is 1.79 bits per heavy atom. The molecule has 0 radical (unpaired) electrons. The van der Waals surface area contributed by atoms with Crippen molar-refractivity contribution in [1.29, 1.82) is 0 Å². The molecule has 4 aromatic rings. The summed E-state index contributed by atoms with van der Waals surface area (Å²) in [5.74, 6) is 0.811. The number of carbonyl (C=O) groups is 1. The number of benzene rings is 2. The minimum atomic E-state index is -0.150. The van der Waals surface area contributed by atoms with Gasteiger partial charge < -0.3 is 24.8 Å². The van der Waals surface area contributed by atoms with Crippen molar-refractivity contribution in [3.05, 3.63) is 101 Å². The van der Waals surface area contributed by atoms with Gasteiger partial charge in [-0.2, -0.15) is 0 Å². The SMILES string of the molecule is CCC(=O)Nc1ccc(N2C(=S)N[C@H](c3ccccn3)[C@H]2c2cc(C)n(-c3ccc(OC)cc3)c2C)cc1C. The third-order valence-corrected chi connectivity index (χ3v) is 7.62. The van der Waals surface area contributed by atoms with Crippen LogP contribution in [0.1, 0.15) is 53.6 Å². The van der Waals surface area contributed by atoms with Crippen molar-refractivity contribution in [3.63, 3.8) is 0 Å². The molecule has 1 fully saturated rings. The molecule has 8 heteroatoms. The normalized spacial score (nSPS) is 16.7. The fraction of sp³-hybridized carbons (Fsp3) is 0.258. The van der Waals surface area contributed by atoms with Crippen LogP contribution in [0, 0.1) is 20.8 Å². The fourth-order valence-corrected chi connectivity index (χ4v) is 5.69. The highest BCUT2D eigenvalue weighted by Gasteiger charge is 2.42.